The third kappa shape index (κ3) is 2.98. The minimum absolute atomic E-state index is 0.169. The number of carbonyl (C=O) groups excluding carboxylic acids is 1. The van der Waals surface area contributed by atoms with Crippen LogP contribution in [-0.4, -0.2) is 41.8 Å². The minimum atomic E-state index is -0.849. The highest BCUT2D eigenvalue weighted by Gasteiger charge is 2.31. The van der Waals surface area contributed by atoms with Crippen molar-refractivity contribution in [3.8, 4) is 11.5 Å². The molecule has 0 spiro atoms. The molecule has 1 atom stereocenters. The number of carbonyl (C=O) groups is 1. The molecule has 0 saturated heterocycles. The van der Waals surface area contributed by atoms with Crippen LogP contribution >= 0.6 is 0 Å². The summed E-state index contributed by atoms with van der Waals surface area (Å²) in [6.07, 6.45) is 2.35. The summed E-state index contributed by atoms with van der Waals surface area (Å²) >= 11 is 0. The molecule has 0 aliphatic carbocycles. The lowest BCUT2D eigenvalue weighted by Gasteiger charge is -2.33. The average molecular weight is 329 g/mol. The van der Waals surface area contributed by atoms with Crippen molar-refractivity contribution in [2.45, 2.75) is 12.6 Å². The van der Waals surface area contributed by atoms with Gasteiger partial charge >= 0.3 is 6.03 Å². The molecule has 2 heterocycles. The van der Waals surface area contributed by atoms with E-state index in [4.69, 9.17) is 9.47 Å². The topological polar surface area (TPSA) is 83.9 Å². The second kappa shape index (κ2) is 6.76. The molecular formula is C17H19N3O4. The smallest absolute Gasteiger partial charge is 0.322 e. The summed E-state index contributed by atoms with van der Waals surface area (Å²) in [5, 5.41) is 13.3. The van der Waals surface area contributed by atoms with Crippen LogP contribution in [0.15, 0.2) is 36.7 Å². The highest BCUT2D eigenvalue weighted by molar-refractivity contribution is 5.89. The summed E-state index contributed by atoms with van der Waals surface area (Å²) in [5.74, 6) is 1.20. The molecule has 7 heteroatoms. The maximum Gasteiger partial charge on any atom is 0.322 e. The minimum Gasteiger partial charge on any atom is -0.496 e. The molecule has 7 nitrogen and oxygen atoms in total. The maximum atomic E-state index is 12.5. The Balaban J connectivity index is 1.87. The van der Waals surface area contributed by atoms with E-state index in [1.165, 1.54) is 4.90 Å². The first-order valence-corrected chi connectivity index (χ1v) is 7.51. The second-order valence-corrected chi connectivity index (χ2v) is 5.43. The predicted octanol–water partition coefficient (Wildman–Crippen LogP) is 2.18. The number of β-amino-alcohol motifs (C(OH)–C–C–N with tert-alkyl or cyclic N) is 1. The van der Waals surface area contributed by atoms with E-state index in [0.717, 1.165) is 5.56 Å². The van der Waals surface area contributed by atoms with Crippen LogP contribution in [0.25, 0.3) is 0 Å². The first kappa shape index (κ1) is 16.1. The van der Waals surface area contributed by atoms with Gasteiger partial charge < -0.3 is 24.8 Å². The van der Waals surface area contributed by atoms with Gasteiger partial charge in [0.25, 0.3) is 0 Å². The fourth-order valence-electron chi connectivity index (χ4n) is 2.87. The summed E-state index contributed by atoms with van der Waals surface area (Å²) < 4.78 is 10.7. The molecule has 126 valence electrons. The number of ether oxygens (including phenoxy) is 2. The molecule has 3 rings (SSSR count). The van der Waals surface area contributed by atoms with Crippen molar-refractivity contribution in [1.29, 1.82) is 0 Å². The number of fused-ring (bicyclic) bond motifs is 1. The van der Waals surface area contributed by atoms with Gasteiger partial charge in [0.15, 0.2) is 0 Å². The Hall–Kier alpha value is -2.80. The van der Waals surface area contributed by atoms with Gasteiger partial charge in [0.05, 0.1) is 39.2 Å². The summed E-state index contributed by atoms with van der Waals surface area (Å²) in [5.41, 5.74) is 2.01. The molecule has 1 aliphatic heterocycles. The normalized spacial score (nSPS) is 16.3. The zero-order valence-corrected chi connectivity index (χ0v) is 13.5. The Morgan fingerprint density at radius 2 is 2.04 bits per heavy atom. The Bertz CT molecular complexity index is 736. The van der Waals surface area contributed by atoms with Crippen LogP contribution in [0.1, 0.15) is 17.2 Å². The number of nitrogens with zero attached hydrogens (tertiary/aromatic N) is 2. The van der Waals surface area contributed by atoms with E-state index in [2.05, 4.69) is 10.3 Å². The lowest BCUT2D eigenvalue weighted by atomic mass is 9.95. The highest BCUT2D eigenvalue weighted by atomic mass is 16.5. The van der Waals surface area contributed by atoms with Gasteiger partial charge in [-0.15, -0.1) is 0 Å². The lowest BCUT2D eigenvalue weighted by Crippen LogP contribution is -2.41. The number of anilines is 1. The maximum absolute atomic E-state index is 12.5. The predicted molar refractivity (Wildman–Crippen MR) is 88.2 cm³/mol. The fourth-order valence-corrected chi connectivity index (χ4v) is 2.87. The standard InChI is InChI=1S/C17H19N3O4/c1-23-14-5-6-15(24-2)16-12(14)9-20(10-13(16)21)17(22)19-11-4-3-7-18-8-11/h3-8,13,21H,9-10H2,1-2H3,(H,19,22)/t13-/m1/s1. The third-order valence-electron chi connectivity index (χ3n) is 3.99. The molecule has 2 N–H and O–H groups in total. The van der Waals surface area contributed by atoms with Crippen molar-refractivity contribution in [3.05, 3.63) is 47.8 Å². The molecule has 2 aromatic rings. The van der Waals surface area contributed by atoms with E-state index in [9.17, 15) is 9.90 Å². The first-order chi connectivity index (χ1) is 11.6. The van der Waals surface area contributed by atoms with Crippen LogP contribution in [0.4, 0.5) is 10.5 Å². The molecule has 1 aromatic carbocycles. The van der Waals surface area contributed by atoms with Gasteiger partial charge in [-0.25, -0.2) is 4.79 Å². The van der Waals surface area contributed by atoms with Crippen LogP contribution in [0.5, 0.6) is 11.5 Å². The van der Waals surface area contributed by atoms with E-state index in [0.29, 0.717) is 29.3 Å². The summed E-state index contributed by atoms with van der Waals surface area (Å²) in [6, 6.07) is 6.71. The number of urea groups is 1. The molecule has 0 fully saturated rings. The molecule has 0 saturated carbocycles. The van der Waals surface area contributed by atoms with Gasteiger partial charge in [0.1, 0.15) is 17.6 Å². The number of hydrogen-bond acceptors (Lipinski definition) is 5. The van der Waals surface area contributed by atoms with Gasteiger partial charge in [-0.3, -0.25) is 4.98 Å². The van der Waals surface area contributed by atoms with Crippen molar-refractivity contribution in [3.63, 3.8) is 0 Å². The van der Waals surface area contributed by atoms with E-state index < -0.39 is 6.10 Å². The number of methoxy groups -OCH3 is 2. The Morgan fingerprint density at radius 1 is 1.29 bits per heavy atom. The van der Waals surface area contributed by atoms with Gasteiger partial charge in [0.2, 0.25) is 0 Å². The van der Waals surface area contributed by atoms with E-state index in [1.54, 1.807) is 50.9 Å². The fraction of sp³-hybridized carbons (Fsp3) is 0.294. The molecule has 0 radical (unpaired) electrons. The zero-order chi connectivity index (χ0) is 17.1. The van der Waals surface area contributed by atoms with Crippen molar-refractivity contribution in [1.82, 2.24) is 9.88 Å². The number of aliphatic hydroxyl groups is 1. The molecular weight excluding hydrogens is 310 g/mol. The summed E-state index contributed by atoms with van der Waals surface area (Å²) in [4.78, 5) is 18.0. The van der Waals surface area contributed by atoms with E-state index in [-0.39, 0.29) is 12.6 Å². The van der Waals surface area contributed by atoms with Crippen LogP contribution < -0.4 is 14.8 Å². The van der Waals surface area contributed by atoms with Gasteiger partial charge in [-0.05, 0) is 24.3 Å². The molecule has 2 amide bonds. The van der Waals surface area contributed by atoms with Crippen molar-refractivity contribution < 1.29 is 19.4 Å². The van der Waals surface area contributed by atoms with Gasteiger partial charge in [0, 0.05) is 17.3 Å². The number of rotatable bonds is 3. The highest BCUT2D eigenvalue weighted by Crippen LogP contribution is 2.39. The number of benzene rings is 1. The van der Waals surface area contributed by atoms with Crippen molar-refractivity contribution in [2.24, 2.45) is 0 Å². The third-order valence-corrected chi connectivity index (χ3v) is 3.99. The average Bonchev–Trinajstić information content (AvgIpc) is 2.61. The number of aliphatic hydroxyl groups excluding tert-OH is 1. The molecule has 0 bridgehead atoms. The number of hydrogen-bond donors (Lipinski definition) is 2. The SMILES string of the molecule is COc1ccc(OC)c2c1CN(C(=O)Nc1cccnc1)C[C@H]2O. The van der Waals surface area contributed by atoms with Crippen molar-refractivity contribution in [2.75, 3.05) is 26.1 Å². The van der Waals surface area contributed by atoms with Crippen LogP contribution in [-0.2, 0) is 6.54 Å². The second-order valence-electron chi connectivity index (χ2n) is 5.43. The summed E-state index contributed by atoms with van der Waals surface area (Å²) in [6.45, 7) is 0.488. The largest absolute Gasteiger partial charge is 0.496 e. The van der Waals surface area contributed by atoms with Crippen LogP contribution in [0, 0.1) is 0 Å². The summed E-state index contributed by atoms with van der Waals surface area (Å²) in [7, 11) is 3.11. The quantitative estimate of drug-likeness (QED) is 0.902. The number of nitrogens with one attached hydrogen (secondary N) is 1. The Kier molecular flexibility index (Phi) is 4.52. The zero-order valence-electron chi connectivity index (χ0n) is 13.5. The first-order valence-electron chi connectivity index (χ1n) is 7.51. The molecule has 0 unspecified atom stereocenters. The number of amides is 2. The van der Waals surface area contributed by atoms with E-state index >= 15 is 0 Å². The Labute approximate surface area is 139 Å². The molecule has 1 aliphatic rings. The lowest BCUT2D eigenvalue weighted by molar-refractivity contribution is 0.105. The number of aromatic nitrogens is 1. The van der Waals surface area contributed by atoms with Crippen LogP contribution in [0.3, 0.4) is 0 Å². The van der Waals surface area contributed by atoms with Crippen LogP contribution in [0.2, 0.25) is 0 Å². The molecule has 1 aromatic heterocycles. The monoisotopic (exact) mass is 329 g/mol. The Morgan fingerprint density at radius 3 is 2.71 bits per heavy atom. The number of pyridine rings is 1. The van der Waals surface area contributed by atoms with Gasteiger partial charge in [-0.2, -0.15) is 0 Å². The van der Waals surface area contributed by atoms with E-state index in [1.807, 2.05) is 0 Å². The van der Waals surface area contributed by atoms with Crippen molar-refractivity contribution >= 4 is 11.7 Å². The molecule has 24 heavy (non-hydrogen) atoms. The van der Waals surface area contributed by atoms with Gasteiger partial charge in [-0.1, -0.05) is 0 Å².